The number of carbonyl (C=O) groups excluding carboxylic acids is 3. The summed E-state index contributed by atoms with van der Waals surface area (Å²) in [5, 5.41) is 2.86. The minimum Gasteiger partial charge on any atom is -0.497 e. The Kier molecular flexibility index (Phi) is 9.16. The fraction of sp³-hybridized carbons (Fsp3) is 0.324. The third-order valence-electron chi connectivity index (χ3n) is 8.18. The van der Waals surface area contributed by atoms with Crippen molar-refractivity contribution in [3.63, 3.8) is 0 Å². The number of hydrogen-bond donors (Lipinski definition) is 1. The highest BCUT2D eigenvalue weighted by molar-refractivity contribution is 8.15. The standard InChI is InChI=1S/C34H36N6O4S/c1-3-29(32(42)35-23-10-9-13-25(22-23)44-2)45-34-37-27-15-8-7-14-26(27)31-36-28(33(43)40(31)34)16-17-30(41)39-20-18-38(19-21-39)24-11-5-4-6-12-24/h4-15,22,28-29H,3,16-21H2,1-2H3,(H,35,42)/t28-,29+/m0/s1. The molecule has 232 valence electrons. The van der Waals surface area contributed by atoms with Gasteiger partial charge in [-0.25, -0.2) is 9.89 Å². The SMILES string of the molecule is CC[C@@H](SC1=Nc2ccccc2C2=N[C@@H](CCC(=O)N3CCN(c4ccccc4)CC3)C(=O)N12)C(=O)Nc1cccc(OC)c1. The molecule has 10 nitrogen and oxygen atoms in total. The first kappa shape index (κ1) is 30.4. The van der Waals surface area contributed by atoms with Crippen LogP contribution in [-0.2, 0) is 14.4 Å². The molecule has 0 bridgehead atoms. The Morgan fingerprint density at radius 3 is 2.51 bits per heavy atom. The number of nitrogens with zero attached hydrogens (tertiary/aromatic N) is 5. The Morgan fingerprint density at radius 2 is 1.76 bits per heavy atom. The lowest BCUT2D eigenvalue weighted by Gasteiger charge is -2.36. The normalized spacial score (nSPS) is 18.0. The maximum absolute atomic E-state index is 13.8. The third-order valence-corrected chi connectivity index (χ3v) is 9.50. The van der Waals surface area contributed by atoms with Crippen molar-refractivity contribution in [3.05, 3.63) is 84.4 Å². The first-order chi connectivity index (χ1) is 21.9. The number of fused-ring (bicyclic) bond motifs is 3. The molecule has 0 saturated carbocycles. The van der Waals surface area contributed by atoms with Gasteiger partial charge in [-0.05, 0) is 49.2 Å². The van der Waals surface area contributed by atoms with E-state index in [1.54, 1.807) is 19.2 Å². The lowest BCUT2D eigenvalue weighted by Crippen LogP contribution is -2.49. The number of methoxy groups -OCH3 is 1. The predicted molar refractivity (Wildman–Crippen MR) is 178 cm³/mol. The van der Waals surface area contributed by atoms with Crippen LogP contribution in [0.25, 0.3) is 0 Å². The maximum Gasteiger partial charge on any atom is 0.259 e. The molecule has 11 heteroatoms. The Morgan fingerprint density at radius 1 is 1.00 bits per heavy atom. The lowest BCUT2D eigenvalue weighted by atomic mass is 10.1. The number of piperazine rings is 1. The van der Waals surface area contributed by atoms with Gasteiger partial charge < -0.3 is 19.9 Å². The minimum absolute atomic E-state index is 0.0320. The summed E-state index contributed by atoms with van der Waals surface area (Å²) in [6.45, 7) is 4.75. The quantitative estimate of drug-likeness (QED) is 0.362. The molecular weight excluding hydrogens is 588 g/mol. The summed E-state index contributed by atoms with van der Waals surface area (Å²) in [7, 11) is 1.58. The predicted octanol–water partition coefficient (Wildman–Crippen LogP) is 4.93. The van der Waals surface area contributed by atoms with E-state index in [9.17, 15) is 14.4 Å². The summed E-state index contributed by atoms with van der Waals surface area (Å²) >= 11 is 1.25. The van der Waals surface area contributed by atoms with Crippen LogP contribution in [0.1, 0.15) is 31.7 Å². The molecule has 0 aromatic heterocycles. The monoisotopic (exact) mass is 624 g/mol. The Balaban J connectivity index is 1.12. The van der Waals surface area contributed by atoms with Gasteiger partial charge in [0.2, 0.25) is 11.8 Å². The van der Waals surface area contributed by atoms with E-state index >= 15 is 0 Å². The van der Waals surface area contributed by atoms with Crippen LogP contribution in [0.4, 0.5) is 17.1 Å². The van der Waals surface area contributed by atoms with Crippen LogP contribution in [0.3, 0.4) is 0 Å². The highest BCUT2D eigenvalue weighted by atomic mass is 32.2. The van der Waals surface area contributed by atoms with Gasteiger partial charge in [0, 0.05) is 55.6 Å². The fourth-order valence-electron chi connectivity index (χ4n) is 5.71. The van der Waals surface area contributed by atoms with E-state index in [1.807, 2.05) is 66.4 Å². The minimum atomic E-state index is -0.697. The van der Waals surface area contributed by atoms with E-state index in [0.29, 0.717) is 54.1 Å². The number of aliphatic imine (C=N–C) groups is 2. The molecule has 3 aromatic rings. The molecule has 45 heavy (non-hydrogen) atoms. The fourth-order valence-corrected chi connectivity index (χ4v) is 6.73. The number of benzene rings is 3. The summed E-state index contributed by atoms with van der Waals surface area (Å²) in [6.07, 6.45) is 1.06. The van der Waals surface area contributed by atoms with Gasteiger partial charge in [-0.1, -0.05) is 55.1 Å². The third kappa shape index (κ3) is 6.58. The molecule has 1 saturated heterocycles. The number of amidine groups is 2. The van der Waals surface area contributed by atoms with E-state index in [1.165, 1.54) is 16.7 Å². The number of amides is 3. The first-order valence-corrected chi connectivity index (χ1v) is 16.1. The molecule has 3 aliphatic rings. The molecule has 3 aromatic carbocycles. The first-order valence-electron chi connectivity index (χ1n) is 15.2. The van der Waals surface area contributed by atoms with Gasteiger partial charge in [0.05, 0.1) is 18.0 Å². The van der Waals surface area contributed by atoms with Crippen LogP contribution in [0.15, 0.2) is 88.8 Å². The smallest absolute Gasteiger partial charge is 0.259 e. The van der Waals surface area contributed by atoms with Gasteiger partial charge in [0.1, 0.15) is 17.6 Å². The second-order valence-electron chi connectivity index (χ2n) is 11.0. The lowest BCUT2D eigenvalue weighted by molar-refractivity contribution is -0.132. The maximum atomic E-state index is 13.8. The van der Waals surface area contributed by atoms with Gasteiger partial charge in [-0.2, -0.15) is 0 Å². The Labute approximate surface area is 267 Å². The van der Waals surface area contributed by atoms with Crippen LogP contribution in [-0.4, -0.2) is 83.1 Å². The zero-order valence-electron chi connectivity index (χ0n) is 25.4. The topological polar surface area (TPSA) is 107 Å². The summed E-state index contributed by atoms with van der Waals surface area (Å²) in [4.78, 5) is 55.6. The molecule has 2 atom stereocenters. The van der Waals surface area contributed by atoms with Gasteiger partial charge in [-0.3, -0.25) is 19.4 Å². The number of para-hydroxylation sites is 2. The van der Waals surface area contributed by atoms with Crippen molar-refractivity contribution in [1.82, 2.24) is 9.80 Å². The number of thioether (sulfide) groups is 1. The van der Waals surface area contributed by atoms with Crippen LogP contribution >= 0.6 is 11.8 Å². The van der Waals surface area contributed by atoms with Gasteiger partial charge in [-0.15, -0.1) is 0 Å². The molecule has 0 aliphatic carbocycles. The number of nitrogens with one attached hydrogen (secondary N) is 1. The number of hydrogen-bond acceptors (Lipinski definition) is 8. The number of ether oxygens (including phenoxy) is 1. The second-order valence-corrected chi connectivity index (χ2v) is 12.2. The zero-order valence-corrected chi connectivity index (χ0v) is 26.2. The van der Waals surface area contributed by atoms with Crippen LogP contribution < -0.4 is 15.0 Å². The molecule has 0 unspecified atom stereocenters. The highest BCUT2D eigenvalue weighted by Crippen LogP contribution is 2.36. The van der Waals surface area contributed by atoms with Gasteiger partial charge >= 0.3 is 0 Å². The second kappa shape index (κ2) is 13.6. The molecule has 6 rings (SSSR count). The van der Waals surface area contributed by atoms with E-state index in [0.717, 1.165) is 24.3 Å². The highest BCUT2D eigenvalue weighted by Gasteiger charge is 2.42. The van der Waals surface area contributed by atoms with Gasteiger partial charge in [0.15, 0.2) is 5.17 Å². The number of anilines is 2. The van der Waals surface area contributed by atoms with E-state index < -0.39 is 11.3 Å². The molecule has 0 radical (unpaired) electrons. The summed E-state index contributed by atoms with van der Waals surface area (Å²) in [5.74, 6) is 0.770. The van der Waals surface area contributed by atoms with Crippen LogP contribution in [0, 0.1) is 0 Å². The average Bonchev–Trinajstić information content (AvgIpc) is 3.42. The molecule has 3 amide bonds. The Bertz CT molecular complexity index is 1640. The molecule has 1 N–H and O–H groups in total. The van der Waals surface area contributed by atoms with Crippen molar-refractivity contribution in [2.75, 3.05) is 43.5 Å². The van der Waals surface area contributed by atoms with Crippen molar-refractivity contribution >= 4 is 57.5 Å². The Hall–Kier alpha value is -4.64. The van der Waals surface area contributed by atoms with Crippen molar-refractivity contribution < 1.29 is 19.1 Å². The van der Waals surface area contributed by atoms with Crippen molar-refractivity contribution in [3.8, 4) is 5.75 Å². The summed E-state index contributed by atoms with van der Waals surface area (Å²) in [6, 6.07) is 24.2. The summed E-state index contributed by atoms with van der Waals surface area (Å²) < 4.78 is 5.28. The molecule has 3 aliphatic heterocycles. The number of rotatable bonds is 9. The van der Waals surface area contributed by atoms with Crippen molar-refractivity contribution in [2.45, 2.75) is 37.5 Å². The molecular formula is C34H36N6O4S. The molecule has 1 fully saturated rings. The van der Waals surface area contributed by atoms with Crippen molar-refractivity contribution in [1.29, 1.82) is 0 Å². The zero-order chi connectivity index (χ0) is 31.3. The number of carbonyl (C=O) groups is 3. The van der Waals surface area contributed by atoms with Gasteiger partial charge in [0.25, 0.3) is 5.91 Å². The average molecular weight is 625 g/mol. The van der Waals surface area contributed by atoms with E-state index in [2.05, 4.69) is 22.3 Å². The molecule has 0 spiro atoms. The van der Waals surface area contributed by atoms with Crippen LogP contribution in [0.5, 0.6) is 5.75 Å². The summed E-state index contributed by atoms with van der Waals surface area (Å²) in [5.41, 5.74) is 3.24. The van der Waals surface area contributed by atoms with E-state index in [-0.39, 0.29) is 24.1 Å². The van der Waals surface area contributed by atoms with Crippen LogP contribution in [0.2, 0.25) is 0 Å². The molecule has 3 heterocycles. The van der Waals surface area contributed by atoms with Crippen molar-refractivity contribution in [2.24, 2.45) is 9.98 Å². The van der Waals surface area contributed by atoms with E-state index in [4.69, 9.17) is 14.7 Å². The largest absolute Gasteiger partial charge is 0.497 e.